The van der Waals surface area contributed by atoms with Crippen LogP contribution in [0.15, 0.2) is 0 Å². The molecule has 0 amide bonds. The third-order valence-corrected chi connectivity index (χ3v) is 1.16. The van der Waals surface area contributed by atoms with E-state index in [9.17, 15) is 18.0 Å². The maximum Gasteiger partial charge on any atom is 0.389 e. The van der Waals surface area contributed by atoms with Crippen LogP contribution in [-0.2, 0) is 4.79 Å². The van der Waals surface area contributed by atoms with Gasteiger partial charge in [0, 0.05) is 6.42 Å². The zero-order valence-corrected chi connectivity index (χ0v) is 5.93. The summed E-state index contributed by atoms with van der Waals surface area (Å²) in [6.07, 6.45) is -6.59. The van der Waals surface area contributed by atoms with E-state index in [-0.39, 0.29) is 0 Å². The summed E-state index contributed by atoms with van der Waals surface area (Å²) in [5.41, 5.74) is 0. The molecule has 1 unspecified atom stereocenters. The number of hydrogen-bond acceptors (Lipinski definition) is 2. The molecule has 0 aromatic carbocycles. The van der Waals surface area contributed by atoms with Crippen LogP contribution in [0.3, 0.4) is 0 Å². The number of carboxylic acids is 1. The van der Waals surface area contributed by atoms with Crippen molar-refractivity contribution in [3.63, 3.8) is 0 Å². The van der Waals surface area contributed by atoms with Crippen LogP contribution in [0.4, 0.5) is 13.2 Å². The Labute approximate surface area is 66.4 Å². The van der Waals surface area contributed by atoms with Gasteiger partial charge in [-0.25, -0.2) is 0 Å². The number of halogens is 3. The van der Waals surface area contributed by atoms with E-state index in [4.69, 9.17) is 10.4 Å². The van der Waals surface area contributed by atoms with Crippen LogP contribution >= 0.6 is 0 Å². The lowest BCUT2D eigenvalue weighted by molar-refractivity contribution is -0.163. The van der Waals surface area contributed by atoms with E-state index in [0.29, 0.717) is 0 Å². The molecule has 0 saturated heterocycles. The summed E-state index contributed by atoms with van der Waals surface area (Å²) >= 11 is 0. The molecule has 0 bridgehead atoms. The normalized spacial score (nSPS) is 13.5. The highest BCUT2D eigenvalue weighted by atomic mass is 19.4. The van der Waals surface area contributed by atoms with Crippen molar-refractivity contribution in [3.8, 4) is 6.07 Å². The summed E-state index contributed by atoms with van der Waals surface area (Å²) in [7, 11) is 0. The molecule has 0 aliphatic heterocycles. The monoisotopic (exact) mass is 181 g/mol. The fraction of sp³-hybridized carbons (Fsp3) is 0.667. The van der Waals surface area contributed by atoms with Crippen LogP contribution in [0.2, 0.25) is 0 Å². The van der Waals surface area contributed by atoms with Crippen LogP contribution in [-0.4, -0.2) is 17.3 Å². The van der Waals surface area contributed by atoms with Crippen molar-refractivity contribution in [2.45, 2.75) is 19.0 Å². The van der Waals surface area contributed by atoms with Crippen LogP contribution in [0.1, 0.15) is 12.8 Å². The molecule has 0 aromatic heterocycles. The molecular formula is C6H6F3NO2. The molecule has 68 valence electrons. The maximum atomic E-state index is 11.6. The van der Waals surface area contributed by atoms with E-state index in [1.807, 2.05) is 0 Å². The standard InChI is InChI=1S/C6H6F3NO2/c7-6(8,9)3-4(1-2-10)5(11)12/h4H,1,3H2,(H,11,12). The third-order valence-electron chi connectivity index (χ3n) is 1.16. The minimum atomic E-state index is -4.53. The molecule has 6 heteroatoms. The predicted octanol–water partition coefficient (Wildman–Crippen LogP) is 1.55. The summed E-state index contributed by atoms with van der Waals surface area (Å²) in [5.74, 6) is -3.23. The van der Waals surface area contributed by atoms with Crippen LogP contribution in [0.25, 0.3) is 0 Å². The van der Waals surface area contributed by atoms with Crippen molar-refractivity contribution in [1.29, 1.82) is 5.26 Å². The van der Waals surface area contributed by atoms with Gasteiger partial charge in [0.15, 0.2) is 0 Å². The molecule has 0 radical (unpaired) electrons. The highest BCUT2D eigenvalue weighted by Gasteiger charge is 2.35. The van der Waals surface area contributed by atoms with E-state index >= 15 is 0 Å². The number of nitriles is 1. The molecule has 0 fully saturated rings. The Morgan fingerprint density at radius 1 is 1.58 bits per heavy atom. The average Bonchev–Trinajstić information content (AvgIpc) is 1.83. The molecule has 3 nitrogen and oxygen atoms in total. The molecular weight excluding hydrogens is 175 g/mol. The largest absolute Gasteiger partial charge is 0.481 e. The Morgan fingerprint density at radius 2 is 2.08 bits per heavy atom. The number of alkyl halides is 3. The quantitative estimate of drug-likeness (QED) is 0.718. The second-order valence-electron chi connectivity index (χ2n) is 2.22. The molecule has 0 aromatic rings. The Hall–Kier alpha value is -1.25. The van der Waals surface area contributed by atoms with Crippen molar-refractivity contribution < 1.29 is 23.1 Å². The van der Waals surface area contributed by atoms with Gasteiger partial charge in [0.2, 0.25) is 0 Å². The first-order valence-corrected chi connectivity index (χ1v) is 3.03. The van der Waals surface area contributed by atoms with Crippen molar-refractivity contribution in [3.05, 3.63) is 0 Å². The Morgan fingerprint density at radius 3 is 2.33 bits per heavy atom. The summed E-state index contributed by atoms with van der Waals surface area (Å²) in [4.78, 5) is 10.1. The molecule has 0 spiro atoms. The minimum absolute atomic E-state index is 0.616. The molecule has 1 atom stereocenters. The van der Waals surface area contributed by atoms with E-state index in [0.717, 1.165) is 0 Å². The van der Waals surface area contributed by atoms with E-state index in [1.54, 1.807) is 0 Å². The van der Waals surface area contributed by atoms with E-state index < -0.39 is 30.9 Å². The summed E-state index contributed by atoms with van der Waals surface area (Å²) in [6, 6.07) is 1.39. The third kappa shape index (κ3) is 4.55. The molecule has 0 rings (SSSR count). The lowest BCUT2D eigenvalue weighted by atomic mass is 10.0. The van der Waals surface area contributed by atoms with Gasteiger partial charge in [-0.1, -0.05) is 0 Å². The van der Waals surface area contributed by atoms with Gasteiger partial charge in [-0.3, -0.25) is 4.79 Å². The van der Waals surface area contributed by atoms with Gasteiger partial charge in [0.25, 0.3) is 0 Å². The number of nitrogens with zero attached hydrogens (tertiary/aromatic N) is 1. The van der Waals surface area contributed by atoms with Crippen LogP contribution in [0, 0.1) is 17.2 Å². The molecule has 0 aliphatic rings. The number of rotatable bonds is 3. The van der Waals surface area contributed by atoms with Crippen molar-refractivity contribution in [2.24, 2.45) is 5.92 Å². The Balaban J connectivity index is 4.16. The zero-order valence-electron chi connectivity index (χ0n) is 5.93. The summed E-state index contributed by atoms with van der Waals surface area (Å²) in [6.45, 7) is 0. The lowest BCUT2D eigenvalue weighted by Crippen LogP contribution is -2.21. The molecule has 0 heterocycles. The second kappa shape index (κ2) is 3.95. The molecule has 0 saturated carbocycles. The molecule has 12 heavy (non-hydrogen) atoms. The highest BCUT2D eigenvalue weighted by molar-refractivity contribution is 5.70. The average molecular weight is 181 g/mol. The molecule has 0 aliphatic carbocycles. The minimum Gasteiger partial charge on any atom is -0.481 e. The van der Waals surface area contributed by atoms with Crippen molar-refractivity contribution >= 4 is 5.97 Å². The SMILES string of the molecule is N#CCC(CC(F)(F)F)C(=O)O. The van der Waals surface area contributed by atoms with Gasteiger partial charge in [0.05, 0.1) is 18.4 Å². The van der Waals surface area contributed by atoms with Crippen LogP contribution < -0.4 is 0 Å². The first kappa shape index (κ1) is 10.8. The van der Waals surface area contributed by atoms with Crippen molar-refractivity contribution in [2.75, 3.05) is 0 Å². The highest BCUT2D eigenvalue weighted by Crippen LogP contribution is 2.26. The predicted molar refractivity (Wildman–Crippen MR) is 32.0 cm³/mol. The smallest absolute Gasteiger partial charge is 0.389 e. The maximum absolute atomic E-state index is 11.6. The number of carboxylic acid groups (broad SMARTS) is 1. The number of aliphatic carboxylic acids is 1. The topological polar surface area (TPSA) is 61.1 Å². The Kier molecular flexibility index (Phi) is 3.54. The van der Waals surface area contributed by atoms with E-state index in [2.05, 4.69) is 0 Å². The summed E-state index contributed by atoms with van der Waals surface area (Å²) in [5, 5.41) is 16.2. The van der Waals surface area contributed by atoms with Gasteiger partial charge in [0.1, 0.15) is 0 Å². The number of carbonyl (C=O) groups is 1. The Bertz CT molecular complexity index is 206. The van der Waals surface area contributed by atoms with Gasteiger partial charge in [-0.2, -0.15) is 18.4 Å². The second-order valence-corrected chi connectivity index (χ2v) is 2.22. The lowest BCUT2D eigenvalue weighted by Gasteiger charge is -2.10. The van der Waals surface area contributed by atoms with Gasteiger partial charge >= 0.3 is 12.1 Å². The van der Waals surface area contributed by atoms with Gasteiger partial charge < -0.3 is 5.11 Å². The first-order valence-electron chi connectivity index (χ1n) is 3.03. The summed E-state index contributed by atoms with van der Waals surface area (Å²) < 4.78 is 34.8. The fourth-order valence-electron chi connectivity index (χ4n) is 0.636. The van der Waals surface area contributed by atoms with E-state index in [1.165, 1.54) is 6.07 Å². The number of hydrogen-bond donors (Lipinski definition) is 1. The molecule has 1 N–H and O–H groups in total. The van der Waals surface area contributed by atoms with Crippen LogP contribution in [0.5, 0.6) is 0 Å². The first-order chi connectivity index (χ1) is 5.37. The fourth-order valence-corrected chi connectivity index (χ4v) is 0.636. The van der Waals surface area contributed by atoms with Crippen molar-refractivity contribution in [1.82, 2.24) is 0 Å². The van der Waals surface area contributed by atoms with Gasteiger partial charge in [-0.05, 0) is 0 Å². The zero-order chi connectivity index (χ0) is 9.78. The van der Waals surface area contributed by atoms with Gasteiger partial charge in [-0.15, -0.1) is 0 Å².